The van der Waals surface area contributed by atoms with Gasteiger partial charge in [-0.1, -0.05) is 133 Å². The SMILES string of the molecule is C1=CCCC(c2nc(-c3ccc4c(c3)sc3cccc(-c5ccc6c7ccccc7c7ccccc7c6c5)c34)nc(-c3cccc4sc5ccccc5c34)n2)=C1. The zero-order valence-corrected chi connectivity index (χ0v) is 31.8. The van der Waals surface area contributed by atoms with Gasteiger partial charge in [0.05, 0.1) is 0 Å². The van der Waals surface area contributed by atoms with E-state index in [4.69, 9.17) is 15.0 Å². The lowest BCUT2D eigenvalue weighted by Crippen LogP contribution is -2.04. The first kappa shape index (κ1) is 31.8. The molecule has 0 saturated heterocycles. The van der Waals surface area contributed by atoms with E-state index in [0.29, 0.717) is 11.6 Å². The average molecular weight is 750 g/mol. The summed E-state index contributed by atoms with van der Waals surface area (Å²) in [5.74, 6) is 2.16. The van der Waals surface area contributed by atoms with Gasteiger partial charge < -0.3 is 0 Å². The number of fused-ring (bicyclic) bond motifs is 12. The summed E-state index contributed by atoms with van der Waals surface area (Å²) in [6.45, 7) is 0. The molecule has 0 amide bonds. The van der Waals surface area contributed by atoms with Gasteiger partial charge in [-0.25, -0.2) is 15.0 Å². The second-order valence-corrected chi connectivity index (χ2v) is 16.8. The molecule has 3 heterocycles. The zero-order chi connectivity index (χ0) is 36.7. The Kier molecular flexibility index (Phi) is 7.10. The van der Waals surface area contributed by atoms with Crippen molar-refractivity contribution in [3.05, 3.63) is 170 Å². The first-order valence-corrected chi connectivity index (χ1v) is 20.7. The van der Waals surface area contributed by atoms with Gasteiger partial charge >= 0.3 is 0 Å². The van der Waals surface area contributed by atoms with Crippen molar-refractivity contribution < 1.29 is 0 Å². The van der Waals surface area contributed by atoms with Crippen LogP contribution >= 0.6 is 22.7 Å². The minimum absolute atomic E-state index is 0.699. The lowest BCUT2D eigenvalue weighted by Gasteiger charge is -2.13. The number of hydrogen-bond acceptors (Lipinski definition) is 5. The summed E-state index contributed by atoms with van der Waals surface area (Å²) < 4.78 is 4.99. The van der Waals surface area contributed by atoms with Crippen molar-refractivity contribution in [2.75, 3.05) is 0 Å². The minimum Gasteiger partial charge on any atom is -0.209 e. The number of rotatable bonds is 4. The molecule has 1 aliphatic carbocycles. The summed E-state index contributed by atoms with van der Waals surface area (Å²) in [5, 5.41) is 12.7. The molecule has 0 N–H and O–H groups in total. The number of aromatic nitrogens is 3. The predicted octanol–water partition coefficient (Wildman–Crippen LogP) is 14.8. The Bertz CT molecular complexity index is 3460. The number of hydrogen-bond donors (Lipinski definition) is 0. The van der Waals surface area contributed by atoms with Crippen LogP contribution in [0.1, 0.15) is 18.7 Å². The molecule has 0 unspecified atom stereocenters. The van der Waals surface area contributed by atoms with Crippen molar-refractivity contribution in [2.45, 2.75) is 12.8 Å². The van der Waals surface area contributed by atoms with Gasteiger partial charge in [0.25, 0.3) is 0 Å². The molecule has 0 bridgehead atoms. The lowest BCUT2D eigenvalue weighted by molar-refractivity contribution is 0.979. The molecular weight excluding hydrogens is 719 g/mol. The quantitative estimate of drug-likeness (QED) is 0.168. The van der Waals surface area contributed by atoms with Crippen LogP contribution in [0.2, 0.25) is 0 Å². The molecule has 3 nitrogen and oxygen atoms in total. The van der Waals surface area contributed by atoms with E-state index < -0.39 is 0 Å². The largest absolute Gasteiger partial charge is 0.209 e. The van der Waals surface area contributed by atoms with Crippen LogP contribution in [0.3, 0.4) is 0 Å². The van der Waals surface area contributed by atoms with Crippen LogP contribution < -0.4 is 0 Å². The van der Waals surface area contributed by atoms with Crippen LogP contribution in [0.25, 0.3) is 112 Å². The van der Waals surface area contributed by atoms with Gasteiger partial charge in [0.15, 0.2) is 17.5 Å². The Morgan fingerprint density at radius 2 is 0.946 bits per heavy atom. The third-order valence-electron chi connectivity index (χ3n) is 11.4. The van der Waals surface area contributed by atoms with Crippen molar-refractivity contribution in [3.63, 3.8) is 0 Å². The third-order valence-corrected chi connectivity index (χ3v) is 13.6. The highest BCUT2D eigenvalue weighted by Gasteiger charge is 2.20. The molecule has 0 aliphatic heterocycles. The molecule has 11 aromatic rings. The Labute approximate surface area is 330 Å². The number of benzene rings is 8. The van der Waals surface area contributed by atoms with E-state index in [1.165, 1.54) is 83.8 Å². The summed E-state index contributed by atoms with van der Waals surface area (Å²) in [6, 6.07) is 53.2. The summed E-state index contributed by atoms with van der Waals surface area (Å²) in [6.07, 6.45) is 8.37. The van der Waals surface area contributed by atoms with Crippen molar-refractivity contribution >= 4 is 101 Å². The maximum Gasteiger partial charge on any atom is 0.164 e. The Balaban J connectivity index is 1.03. The monoisotopic (exact) mass is 749 g/mol. The molecule has 12 rings (SSSR count). The fourth-order valence-electron chi connectivity index (χ4n) is 8.80. The predicted molar refractivity (Wildman–Crippen MR) is 241 cm³/mol. The molecule has 56 heavy (non-hydrogen) atoms. The summed E-state index contributed by atoms with van der Waals surface area (Å²) in [4.78, 5) is 15.6. The highest BCUT2D eigenvalue weighted by Crippen LogP contribution is 2.44. The van der Waals surface area contributed by atoms with E-state index in [2.05, 4.69) is 164 Å². The minimum atomic E-state index is 0.699. The second kappa shape index (κ2) is 12.5. The first-order chi connectivity index (χ1) is 27.7. The van der Waals surface area contributed by atoms with Gasteiger partial charge in [-0.3, -0.25) is 0 Å². The van der Waals surface area contributed by atoms with Gasteiger partial charge in [0.1, 0.15) is 0 Å². The van der Waals surface area contributed by atoms with Crippen molar-refractivity contribution in [3.8, 4) is 33.9 Å². The van der Waals surface area contributed by atoms with Gasteiger partial charge in [-0.05, 0) is 92.2 Å². The van der Waals surface area contributed by atoms with E-state index in [1.54, 1.807) is 0 Å². The highest BCUT2D eigenvalue weighted by molar-refractivity contribution is 7.26. The summed E-state index contributed by atoms with van der Waals surface area (Å²) in [7, 11) is 0. The molecule has 8 aromatic carbocycles. The van der Waals surface area contributed by atoms with Gasteiger partial charge in [0.2, 0.25) is 0 Å². The van der Waals surface area contributed by atoms with Gasteiger partial charge in [-0.2, -0.15) is 0 Å². The van der Waals surface area contributed by atoms with Crippen LogP contribution in [0, 0.1) is 0 Å². The van der Waals surface area contributed by atoms with E-state index in [9.17, 15) is 0 Å². The van der Waals surface area contributed by atoms with E-state index >= 15 is 0 Å². The van der Waals surface area contributed by atoms with Crippen LogP contribution in [0.15, 0.2) is 164 Å². The molecule has 1 aliphatic rings. The second-order valence-electron chi connectivity index (χ2n) is 14.6. The van der Waals surface area contributed by atoms with Crippen LogP contribution in [-0.2, 0) is 0 Å². The number of thiophene rings is 2. The van der Waals surface area contributed by atoms with Gasteiger partial charge in [0, 0.05) is 51.5 Å². The fraction of sp³-hybridized carbons (Fsp3) is 0.0392. The average Bonchev–Trinajstić information content (AvgIpc) is 3.85. The topological polar surface area (TPSA) is 38.7 Å². The normalized spacial score (nSPS) is 13.2. The fourth-order valence-corrected chi connectivity index (χ4v) is 11.1. The maximum atomic E-state index is 5.25. The maximum absolute atomic E-state index is 5.25. The molecule has 0 saturated carbocycles. The Morgan fingerprint density at radius 3 is 1.70 bits per heavy atom. The summed E-state index contributed by atoms with van der Waals surface area (Å²) >= 11 is 3.65. The van der Waals surface area contributed by atoms with E-state index in [0.717, 1.165) is 35.4 Å². The van der Waals surface area contributed by atoms with E-state index in [1.807, 2.05) is 22.7 Å². The molecule has 3 aromatic heterocycles. The van der Waals surface area contributed by atoms with Crippen LogP contribution in [0.5, 0.6) is 0 Å². The lowest BCUT2D eigenvalue weighted by atomic mass is 9.91. The van der Waals surface area contributed by atoms with Gasteiger partial charge in [-0.15, -0.1) is 22.7 Å². The summed E-state index contributed by atoms with van der Waals surface area (Å²) in [5.41, 5.74) is 5.65. The molecule has 0 spiro atoms. The highest BCUT2D eigenvalue weighted by atomic mass is 32.1. The first-order valence-electron chi connectivity index (χ1n) is 19.1. The van der Waals surface area contributed by atoms with Crippen molar-refractivity contribution in [1.82, 2.24) is 15.0 Å². The molecule has 0 radical (unpaired) electrons. The van der Waals surface area contributed by atoms with Crippen LogP contribution in [-0.4, -0.2) is 15.0 Å². The third kappa shape index (κ3) is 4.91. The standard InChI is InChI=1S/C51H31N3S2/c1-2-12-30(13-3-1)49-52-50(54-51(53-49)41-20-11-23-45-48(41)39-18-8-9-21-43(39)55-45)32-25-27-40-46(29-32)56-44-22-10-19-33(47(40)44)31-24-26-38-36-16-5-4-14-34(36)35-15-6-7-17-37(35)42(38)28-31/h1-2,4-12,14-29H,3,13H2. The zero-order valence-electron chi connectivity index (χ0n) is 30.2. The molecule has 262 valence electrons. The molecule has 5 heteroatoms. The molecule has 0 atom stereocenters. The molecule has 0 fully saturated rings. The molecular formula is C51H31N3S2. The number of nitrogens with zero attached hydrogens (tertiary/aromatic N) is 3. The Morgan fingerprint density at radius 1 is 0.393 bits per heavy atom. The van der Waals surface area contributed by atoms with Crippen molar-refractivity contribution in [2.24, 2.45) is 0 Å². The van der Waals surface area contributed by atoms with Crippen LogP contribution in [0.4, 0.5) is 0 Å². The number of allylic oxidation sites excluding steroid dienone is 4. The Hall–Kier alpha value is -6.53. The van der Waals surface area contributed by atoms with Crippen molar-refractivity contribution in [1.29, 1.82) is 0 Å². The van der Waals surface area contributed by atoms with E-state index in [-0.39, 0.29) is 0 Å². The smallest absolute Gasteiger partial charge is 0.164 e.